The highest BCUT2D eigenvalue weighted by Crippen LogP contribution is 2.22. The third-order valence-electron chi connectivity index (χ3n) is 4.50. The predicted molar refractivity (Wildman–Crippen MR) is 109 cm³/mol. The van der Waals surface area contributed by atoms with Crippen molar-refractivity contribution in [3.05, 3.63) is 59.9 Å². The Morgan fingerprint density at radius 2 is 1.93 bits per heavy atom. The Hall–Kier alpha value is -2.44. The van der Waals surface area contributed by atoms with Crippen molar-refractivity contribution in [1.82, 2.24) is 10.0 Å². The van der Waals surface area contributed by atoms with Gasteiger partial charge in [0.15, 0.2) is 6.04 Å². The minimum Gasteiger partial charge on any atom is -0.459 e. The van der Waals surface area contributed by atoms with E-state index in [-0.39, 0.29) is 5.97 Å². The molecule has 150 valence electrons. The summed E-state index contributed by atoms with van der Waals surface area (Å²) in [5.74, 6) is -0.268. The van der Waals surface area contributed by atoms with Crippen molar-refractivity contribution in [2.45, 2.75) is 45.9 Å². The summed E-state index contributed by atoms with van der Waals surface area (Å²) < 4.78 is 5.67. The molecule has 1 aliphatic heterocycles. The first kappa shape index (κ1) is 20.3. The van der Waals surface area contributed by atoms with E-state index in [1.165, 1.54) is 0 Å². The zero-order valence-electron chi connectivity index (χ0n) is 17.1. The van der Waals surface area contributed by atoms with E-state index < -0.39 is 11.6 Å². The Labute approximate surface area is 167 Å². The van der Waals surface area contributed by atoms with Crippen molar-refractivity contribution in [3.63, 3.8) is 0 Å². The second-order valence-electron chi connectivity index (χ2n) is 8.05. The molecule has 1 aromatic carbocycles. The Bertz CT molecular complexity index is 789. The van der Waals surface area contributed by atoms with Crippen LogP contribution >= 0.6 is 0 Å². The molecule has 3 rings (SSSR count). The van der Waals surface area contributed by atoms with E-state index in [1.807, 2.05) is 70.2 Å². The van der Waals surface area contributed by atoms with E-state index in [0.29, 0.717) is 19.7 Å². The molecule has 0 bridgehead atoms. The van der Waals surface area contributed by atoms with E-state index in [2.05, 4.69) is 9.88 Å². The number of hydrogen-bond acceptors (Lipinski definition) is 6. The molecule has 6 nitrogen and oxygen atoms in total. The maximum absolute atomic E-state index is 12.9. The minimum absolute atomic E-state index is 0.268. The van der Waals surface area contributed by atoms with Crippen LogP contribution in [0.25, 0.3) is 0 Å². The maximum Gasteiger partial charge on any atom is 0.328 e. The van der Waals surface area contributed by atoms with Crippen molar-refractivity contribution >= 4 is 11.7 Å². The summed E-state index contributed by atoms with van der Waals surface area (Å²) in [6.07, 6.45) is 1.80. The number of piperazine rings is 1. The van der Waals surface area contributed by atoms with Crippen LogP contribution in [0.2, 0.25) is 0 Å². The van der Waals surface area contributed by atoms with Crippen molar-refractivity contribution in [2.75, 3.05) is 24.5 Å². The molecule has 0 amide bonds. The molecule has 1 aliphatic rings. The molecule has 0 aliphatic carbocycles. The first-order valence-electron chi connectivity index (χ1n) is 9.66. The summed E-state index contributed by atoms with van der Waals surface area (Å²) in [5, 5.41) is 1.77. The summed E-state index contributed by atoms with van der Waals surface area (Å²) in [6.45, 7) is 9.91. The zero-order valence-corrected chi connectivity index (χ0v) is 17.1. The van der Waals surface area contributed by atoms with Crippen LogP contribution in [0.5, 0.6) is 0 Å². The number of anilines is 1. The number of ether oxygens (including phenoxy) is 1. The van der Waals surface area contributed by atoms with Gasteiger partial charge in [0.25, 0.3) is 0 Å². The Morgan fingerprint density at radius 1 is 1.18 bits per heavy atom. The molecule has 0 saturated carbocycles. The third kappa shape index (κ3) is 5.53. The van der Waals surface area contributed by atoms with E-state index in [0.717, 1.165) is 23.5 Å². The Kier molecular flexibility index (Phi) is 6.31. The standard InChI is InChI=1S/C22H29N3O3/c1-17-14-19(10-11-23-17)24-12-13-25(27-16-18-8-6-5-7-9-18)20(15-24)21(26)28-22(2,3)4/h5-11,14,20H,12-13,15-16H2,1-4H3. The number of benzene rings is 1. The maximum atomic E-state index is 12.9. The molecule has 1 aromatic heterocycles. The number of rotatable bonds is 5. The molecule has 28 heavy (non-hydrogen) atoms. The second-order valence-corrected chi connectivity index (χ2v) is 8.05. The van der Waals surface area contributed by atoms with Gasteiger partial charge in [-0.05, 0) is 45.4 Å². The van der Waals surface area contributed by atoms with E-state index in [1.54, 1.807) is 11.3 Å². The van der Waals surface area contributed by atoms with Gasteiger partial charge in [0.1, 0.15) is 5.60 Å². The topological polar surface area (TPSA) is 54.9 Å². The average molecular weight is 383 g/mol. The molecular formula is C22H29N3O3. The molecule has 1 unspecified atom stereocenters. The monoisotopic (exact) mass is 383 g/mol. The number of aryl methyl sites for hydroxylation is 1. The summed E-state index contributed by atoms with van der Waals surface area (Å²) in [6, 6.07) is 13.5. The van der Waals surface area contributed by atoms with Gasteiger partial charge in [-0.15, -0.1) is 0 Å². The van der Waals surface area contributed by atoms with Crippen molar-refractivity contribution in [1.29, 1.82) is 0 Å². The highest BCUT2D eigenvalue weighted by atomic mass is 16.7. The lowest BCUT2D eigenvalue weighted by Gasteiger charge is -2.41. The van der Waals surface area contributed by atoms with Crippen LogP contribution in [0.15, 0.2) is 48.7 Å². The number of nitrogens with zero attached hydrogens (tertiary/aromatic N) is 3. The fourth-order valence-electron chi connectivity index (χ4n) is 3.18. The lowest BCUT2D eigenvalue weighted by molar-refractivity contribution is -0.216. The van der Waals surface area contributed by atoms with Gasteiger partial charge in [-0.2, -0.15) is 5.06 Å². The highest BCUT2D eigenvalue weighted by molar-refractivity contribution is 5.77. The van der Waals surface area contributed by atoms with Gasteiger partial charge in [0.05, 0.1) is 6.61 Å². The van der Waals surface area contributed by atoms with Crippen molar-refractivity contribution in [3.8, 4) is 0 Å². The first-order valence-corrected chi connectivity index (χ1v) is 9.66. The number of pyridine rings is 1. The number of carbonyl (C=O) groups is 1. The summed E-state index contributed by atoms with van der Waals surface area (Å²) >= 11 is 0. The van der Waals surface area contributed by atoms with Crippen LogP contribution in [0.4, 0.5) is 5.69 Å². The van der Waals surface area contributed by atoms with Crippen molar-refractivity contribution < 1.29 is 14.4 Å². The fraction of sp³-hybridized carbons (Fsp3) is 0.455. The quantitative estimate of drug-likeness (QED) is 0.738. The van der Waals surface area contributed by atoms with E-state index in [4.69, 9.17) is 9.57 Å². The number of esters is 1. The van der Waals surface area contributed by atoms with Crippen LogP contribution in [-0.4, -0.2) is 47.3 Å². The molecule has 1 fully saturated rings. The molecule has 2 aromatic rings. The number of hydroxylamine groups is 2. The normalized spacial score (nSPS) is 18.1. The molecule has 0 N–H and O–H groups in total. The van der Waals surface area contributed by atoms with Crippen LogP contribution in [0.3, 0.4) is 0 Å². The van der Waals surface area contributed by atoms with Gasteiger partial charge in [-0.3, -0.25) is 14.6 Å². The van der Waals surface area contributed by atoms with Crippen LogP contribution in [0, 0.1) is 6.92 Å². The smallest absolute Gasteiger partial charge is 0.328 e. The van der Waals surface area contributed by atoms with Crippen LogP contribution < -0.4 is 4.90 Å². The van der Waals surface area contributed by atoms with Crippen LogP contribution in [-0.2, 0) is 21.0 Å². The third-order valence-corrected chi connectivity index (χ3v) is 4.50. The number of aromatic nitrogens is 1. The second kappa shape index (κ2) is 8.71. The minimum atomic E-state index is -0.544. The highest BCUT2D eigenvalue weighted by Gasteiger charge is 2.36. The largest absolute Gasteiger partial charge is 0.459 e. The van der Waals surface area contributed by atoms with Crippen LogP contribution in [0.1, 0.15) is 32.0 Å². The first-order chi connectivity index (χ1) is 13.3. The SMILES string of the molecule is Cc1cc(N2CCN(OCc3ccccc3)C(C(=O)OC(C)(C)C)C2)ccn1. The average Bonchev–Trinajstić information content (AvgIpc) is 2.66. The van der Waals surface area contributed by atoms with Gasteiger partial charge >= 0.3 is 5.97 Å². The summed E-state index contributed by atoms with van der Waals surface area (Å²) in [5.41, 5.74) is 2.54. The Balaban J connectivity index is 1.74. The van der Waals surface area contributed by atoms with Gasteiger partial charge in [0.2, 0.25) is 0 Å². The lowest BCUT2D eigenvalue weighted by Crippen LogP contribution is -2.57. The van der Waals surface area contributed by atoms with Gasteiger partial charge in [0, 0.05) is 37.2 Å². The molecule has 1 saturated heterocycles. The van der Waals surface area contributed by atoms with Gasteiger partial charge in [-0.25, -0.2) is 0 Å². The number of carbonyl (C=O) groups excluding carboxylic acids is 1. The molecule has 0 radical (unpaired) electrons. The van der Waals surface area contributed by atoms with Gasteiger partial charge in [-0.1, -0.05) is 30.3 Å². The van der Waals surface area contributed by atoms with E-state index in [9.17, 15) is 4.79 Å². The predicted octanol–water partition coefficient (Wildman–Crippen LogP) is 3.35. The van der Waals surface area contributed by atoms with E-state index >= 15 is 0 Å². The summed E-state index contributed by atoms with van der Waals surface area (Å²) in [4.78, 5) is 25.4. The number of hydrogen-bond donors (Lipinski definition) is 0. The molecule has 1 atom stereocenters. The molecule has 0 spiro atoms. The molecule has 6 heteroatoms. The van der Waals surface area contributed by atoms with Crippen molar-refractivity contribution in [2.24, 2.45) is 0 Å². The molecule has 2 heterocycles. The lowest BCUT2D eigenvalue weighted by atomic mass is 10.1. The zero-order chi connectivity index (χ0) is 20.1. The summed E-state index contributed by atoms with van der Waals surface area (Å²) in [7, 11) is 0. The Morgan fingerprint density at radius 3 is 2.61 bits per heavy atom. The molecular weight excluding hydrogens is 354 g/mol. The fourth-order valence-corrected chi connectivity index (χ4v) is 3.18. The van der Waals surface area contributed by atoms with Gasteiger partial charge < -0.3 is 9.64 Å².